The van der Waals surface area contributed by atoms with Gasteiger partial charge in [-0.3, -0.25) is 9.69 Å². The van der Waals surface area contributed by atoms with E-state index in [0.29, 0.717) is 0 Å². The topological polar surface area (TPSA) is 44.7 Å². The van der Waals surface area contributed by atoms with Gasteiger partial charge in [0.1, 0.15) is 0 Å². The van der Waals surface area contributed by atoms with Crippen molar-refractivity contribution in [2.75, 3.05) is 13.1 Å². The molecule has 1 amide bonds. The van der Waals surface area contributed by atoms with E-state index in [1.807, 2.05) is 42.5 Å². The molecule has 0 spiro atoms. The number of hydrazone groups is 1. The second-order valence-corrected chi connectivity index (χ2v) is 5.81. The highest BCUT2D eigenvalue weighted by atomic mass is 16.2. The Labute approximate surface area is 142 Å². The maximum atomic E-state index is 12.1. The van der Waals surface area contributed by atoms with Crippen molar-refractivity contribution in [3.8, 4) is 0 Å². The van der Waals surface area contributed by atoms with Gasteiger partial charge >= 0.3 is 0 Å². The lowest BCUT2D eigenvalue weighted by molar-refractivity contribution is -0.117. The zero-order chi connectivity index (χ0) is 16.6. The molecule has 0 unspecified atom stereocenters. The summed E-state index contributed by atoms with van der Waals surface area (Å²) in [6.45, 7) is 2.59. The number of hydrogen-bond acceptors (Lipinski definition) is 3. The summed E-state index contributed by atoms with van der Waals surface area (Å²) in [6.07, 6.45) is 4.41. The van der Waals surface area contributed by atoms with Gasteiger partial charge in [0, 0.05) is 25.2 Å². The third kappa shape index (κ3) is 4.64. The van der Waals surface area contributed by atoms with E-state index in [9.17, 15) is 4.79 Å². The van der Waals surface area contributed by atoms with Crippen molar-refractivity contribution in [1.82, 2.24) is 10.3 Å². The van der Waals surface area contributed by atoms with Crippen LogP contribution >= 0.6 is 0 Å². The minimum atomic E-state index is -0.110. The fourth-order valence-corrected chi connectivity index (χ4v) is 2.68. The Morgan fingerprint density at radius 2 is 1.79 bits per heavy atom. The fourth-order valence-electron chi connectivity index (χ4n) is 2.68. The first kappa shape index (κ1) is 16.1. The maximum Gasteiger partial charge on any atom is 0.267 e. The number of hydrogen-bond donors (Lipinski definition) is 1. The zero-order valence-corrected chi connectivity index (χ0v) is 13.6. The number of amides is 1. The first-order valence-electron chi connectivity index (χ1n) is 8.15. The third-order valence-corrected chi connectivity index (χ3v) is 4.01. The molecule has 1 aliphatic rings. The van der Waals surface area contributed by atoms with Gasteiger partial charge in [0.25, 0.3) is 5.91 Å². The number of nitrogens with zero attached hydrogens (tertiary/aromatic N) is 2. The van der Waals surface area contributed by atoms with Crippen LogP contribution in [0.5, 0.6) is 0 Å². The van der Waals surface area contributed by atoms with E-state index in [2.05, 4.69) is 39.7 Å². The van der Waals surface area contributed by atoms with E-state index < -0.39 is 0 Å². The number of nitrogens with one attached hydrogen (secondary N) is 1. The lowest BCUT2D eigenvalue weighted by Crippen LogP contribution is -2.32. The molecule has 0 bridgehead atoms. The predicted molar refractivity (Wildman–Crippen MR) is 96.6 cm³/mol. The van der Waals surface area contributed by atoms with E-state index >= 15 is 0 Å². The third-order valence-electron chi connectivity index (χ3n) is 4.01. The predicted octanol–water partition coefficient (Wildman–Crippen LogP) is 2.97. The Balaban J connectivity index is 1.49. The number of carbonyl (C=O) groups excluding carboxylic acids is 1. The van der Waals surface area contributed by atoms with Gasteiger partial charge in [-0.25, -0.2) is 5.43 Å². The Kier molecular flexibility index (Phi) is 5.53. The van der Waals surface area contributed by atoms with Crippen molar-refractivity contribution in [2.24, 2.45) is 5.10 Å². The van der Waals surface area contributed by atoms with Crippen molar-refractivity contribution in [1.29, 1.82) is 0 Å². The SMILES string of the molecule is O=C(N/N=C\c1ccccc1)C1=CCN(Cc2ccccc2)CC1. The van der Waals surface area contributed by atoms with E-state index in [0.717, 1.165) is 37.2 Å². The van der Waals surface area contributed by atoms with Crippen molar-refractivity contribution in [3.05, 3.63) is 83.4 Å². The van der Waals surface area contributed by atoms with Crippen molar-refractivity contribution in [2.45, 2.75) is 13.0 Å². The molecule has 2 aromatic rings. The lowest BCUT2D eigenvalue weighted by atomic mass is 10.1. The molecule has 0 aliphatic carbocycles. The smallest absolute Gasteiger partial charge is 0.267 e. The molecule has 3 rings (SSSR count). The summed E-state index contributed by atoms with van der Waals surface area (Å²) in [4.78, 5) is 14.5. The van der Waals surface area contributed by atoms with Crippen LogP contribution in [-0.4, -0.2) is 30.1 Å². The molecule has 0 radical (unpaired) electrons. The summed E-state index contributed by atoms with van der Waals surface area (Å²) in [7, 11) is 0. The average Bonchev–Trinajstić information content (AvgIpc) is 2.64. The molecule has 1 aliphatic heterocycles. The maximum absolute atomic E-state index is 12.1. The number of rotatable bonds is 5. The van der Waals surface area contributed by atoms with Crippen LogP contribution in [0.1, 0.15) is 17.5 Å². The van der Waals surface area contributed by atoms with E-state index in [-0.39, 0.29) is 5.91 Å². The van der Waals surface area contributed by atoms with E-state index in [1.54, 1.807) is 6.21 Å². The summed E-state index contributed by atoms with van der Waals surface area (Å²) in [5.41, 5.74) is 5.68. The normalized spacial score (nSPS) is 15.2. The quantitative estimate of drug-likeness (QED) is 0.680. The Morgan fingerprint density at radius 1 is 1.08 bits per heavy atom. The molecule has 122 valence electrons. The molecule has 0 fully saturated rings. The molecule has 0 atom stereocenters. The van der Waals surface area contributed by atoms with Crippen LogP contribution in [0.2, 0.25) is 0 Å². The van der Waals surface area contributed by atoms with Crippen LogP contribution in [0.15, 0.2) is 77.4 Å². The van der Waals surface area contributed by atoms with Crippen molar-refractivity contribution < 1.29 is 4.79 Å². The highest BCUT2D eigenvalue weighted by molar-refractivity contribution is 5.94. The van der Waals surface area contributed by atoms with Gasteiger partial charge in [0.2, 0.25) is 0 Å². The molecule has 4 nitrogen and oxygen atoms in total. The van der Waals surface area contributed by atoms with Crippen LogP contribution in [-0.2, 0) is 11.3 Å². The van der Waals surface area contributed by atoms with Gasteiger partial charge in [0.05, 0.1) is 6.21 Å². The van der Waals surface area contributed by atoms with Crippen LogP contribution in [0.25, 0.3) is 0 Å². The highest BCUT2D eigenvalue weighted by Gasteiger charge is 2.16. The van der Waals surface area contributed by atoms with Crippen molar-refractivity contribution >= 4 is 12.1 Å². The van der Waals surface area contributed by atoms with Gasteiger partial charge < -0.3 is 0 Å². The van der Waals surface area contributed by atoms with Crippen LogP contribution in [0.3, 0.4) is 0 Å². The van der Waals surface area contributed by atoms with Gasteiger partial charge in [-0.05, 0) is 17.5 Å². The molecular formula is C20H21N3O. The molecular weight excluding hydrogens is 298 g/mol. The standard InChI is InChI=1S/C20H21N3O/c24-20(22-21-15-17-7-3-1-4-8-17)19-11-13-23(14-12-19)16-18-9-5-2-6-10-18/h1-11,15H,12-14,16H2,(H,22,24)/b21-15-. The summed E-state index contributed by atoms with van der Waals surface area (Å²) >= 11 is 0. The largest absolute Gasteiger partial charge is 0.295 e. The van der Waals surface area contributed by atoms with Gasteiger partial charge in [-0.2, -0.15) is 5.10 Å². The van der Waals surface area contributed by atoms with E-state index in [4.69, 9.17) is 0 Å². The second kappa shape index (κ2) is 8.22. The molecule has 4 heteroatoms. The Morgan fingerprint density at radius 3 is 2.46 bits per heavy atom. The van der Waals surface area contributed by atoms with Gasteiger partial charge in [0.15, 0.2) is 0 Å². The number of benzene rings is 2. The first-order valence-corrected chi connectivity index (χ1v) is 8.15. The number of carbonyl (C=O) groups is 1. The molecule has 1 N–H and O–H groups in total. The molecule has 0 saturated carbocycles. The molecule has 2 aromatic carbocycles. The van der Waals surface area contributed by atoms with Crippen molar-refractivity contribution in [3.63, 3.8) is 0 Å². The Hall–Kier alpha value is -2.72. The average molecular weight is 319 g/mol. The van der Waals surface area contributed by atoms with E-state index in [1.165, 1.54) is 5.56 Å². The molecule has 0 aromatic heterocycles. The first-order chi connectivity index (χ1) is 11.8. The minimum absolute atomic E-state index is 0.110. The van der Waals surface area contributed by atoms with Crippen LogP contribution < -0.4 is 5.43 Å². The summed E-state index contributed by atoms with van der Waals surface area (Å²) in [5.74, 6) is -0.110. The molecule has 1 heterocycles. The second-order valence-electron chi connectivity index (χ2n) is 5.81. The molecule has 24 heavy (non-hydrogen) atoms. The molecule has 0 saturated heterocycles. The lowest BCUT2D eigenvalue weighted by Gasteiger charge is -2.25. The monoisotopic (exact) mass is 319 g/mol. The fraction of sp³-hybridized carbons (Fsp3) is 0.200. The zero-order valence-electron chi connectivity index (χ0n) is 13.6. The van der Waals surface area contributed by atoms with Crippen LogP contribution in [0, 0.1) is 0 Å². The van der Waals surface area contributed by atoms with Gasteiger partial charge in [-0.15, -0.1) is 0 Å². The summed E-state index contributed by atoms with van der Waals surface area (Å²) < 4.78 is 0. The summed E-state index contributed by atoms with van der Waals surface area (Å²) in [5, 5.41) is 4.02. The Bertz CT molecular complexity index is 723. The highest BCUT2D eigenvalue weighted by Crippen LogP contribution is 2.14. The van der Waals surface area contributed by atoms with Crippen LogP contribution in [0.4, 0.5) is 0 Å². The minimum Gasteiger partial charge on any atom is -0.295 e. The summed E-state index contributed by atoms with van der Waals surface area (Å²) in [6, 6.07) is 20.1. The van der Waals surface area contributed by atoms with Gasteiger partial charge in [-0.1, -0.05) is 66.7 Å².